The van der Waals surface area contributed by atoms with Crippen LogP contribution in [-0.4, -0.2) is 24.5 Å². The largest absolute Gasteiger partial charge is 0.495 e. The van der Waals surface area contributed by atoms with Gasteiger partial charge in [0.05, 0.1) is 24.0 Å². The first-order valence-electron chi connectivity index (χ1n) is 8.65. The van der Waals surface area contributed by atoms with E-state index in [0.29, 0.717) is 35.0 Å². The Morgan fingerprint density at radius 1 is 1.14 bits per heavy atom. The van der Waals surface area contributed by atoms with E-state index in [1.807, 2.05) is 6.07 Å². The van der Waals surface area contributed by atoms with Gasteiger partial charge in [-0.15, -0.1) is 0 Å². The summed E-state index contributed by atoms with van der Waals surface area (Å²) >= 11 is 6.06. The summed E-state index contributed by atoms with van der Waals surface area (Å²) < 4.78 is 18.7. The van der Waals surface area contributed by atoms with Crippen LogP contribution in [0.15, 0.2) is 60.8 Å². The van der Waals surface area contributed by atoms with Crippen molar-refractivity contribution in [3.63, 3.8) is 0 Å². The maximum absolute atomic E-state index is 13.6. The molecule has 0 aliphatic heterocycles. The van der Waals surface area contributed by atoms with Crippen LogP contribution in [0.5, 0.6) is 5.75 Å². The summed E-state index contributed by atoms with van der Waals surface area (Å²) in [5.74, 6) is -0.0316. The quantitative estimate of drug-likeness (QED) is 0.599. The van der Waals surface area contributed by atoms with Crippen molar-refractivity contribution in [2.24, 2.45) is 0 Å². The highest BCUT2D eigenvalue weighted by Gasteiger charge is 2.09. The van der Waals surface area contributed by atoms with Crippen molar-refractivity contribution < 1.29 is 13.9 Å². The maximum atomic E-state index is 13.6. The Hall–Kier alpha value is -3.12. The van der Waals surface area contributed by atoms with Crippen LogP contribution in [0.2, 0.25) is 5.02 Å². The molecule has 1 amide bonds. The molecule has 28 heavy (non-hydrogen) atoms. The fourth-order valence-electron chi connectivity index (χ4n) is 2.61. The SMILES string of the molecule is COc1ccc(NC(=O)c2ccc(NCCc3ccccc3F)cn2)cc1Cl. The van der Waals surface area contributed by atoms with Crippen LogP contribution in [0.1, 0.15) is 16.1 Å². The summed E-state index contributed by atoms with van der Waals surface area (Å²) in [6.07, 6.45) is 2.12. The van der Waals surface area contributed by atoms with E-state index >= 15 is 0 Å². The van der Waals surface area contributed by atoms with Crippen LogP contribution in [0.4, 0.5) is 15.8 Å². The average Bonchev–Trinajstić information content (AvgIpc) is 2.70. The molecule has 2 aromatic carbocycles. The van der Waals surface area contributed by atoms with E-state index in [1.54, 1.807) is 48.7 Å². The second kappa shape index (κ2) is 9.19. The van der Waals surface area contributed by atoms with E-state index in [9.17, 15) is 9.18 Å². The molecule has 3 aromatic rings. The number of hydrogen-bond acceptors (Lipinski definition) is 4. The van der Waals surface area contributed by atoms with Gasteiger partial charge < -0.3 is 15.4 Å². The van der Waals surface area contributed by atoms with Gasteiger partial charge in [-0.05, 0) is 48.4 Å². The maximum Gasteiger partial charge on any atom is 0.274 e. The van der Waals surface area contributed by atoms with Gasteiger partial charge in [0.15, 0.2) is 0 Å². The Labute approximate surface area is 167 Å². The molecule has 0 unspecified atom stereocenters. The predicted octanol–water partition coefficient (Wildman–Crippen LogP) is 4.79. The number of hydrogen-bond donors (Lipinski definition) is 2. The molecule has 0 radical (unpaired) electrons. The monoisotopic (exact) mass is 399 g/mol. The number of methoxy groups -OCH3 is 1. The molecular weight excluding hydrogens is 381 g/mol. The molecule has 2 N–H and O–H groups in total. The minimum atomic E-state index is -0.348. The first-order valence-corrected chi connectivity index (χ1v) is 9.03. The lowest BCUT2D eigenvalue weighted by atomic mass is 10.1. The topological polar surface area (TPSA) is 63.2 Å². The van der Waals surface area contributed by atoms with Crippen molar-refractivity contribution in [1.82, 2.24) is 4.98 Å². The van der Waals surface area contributed by atoms with Gasteiger partial charge in [0, 0.05) is 12.2 Å². The minimum absolute atomic E-state index is 0.215. The molecule has 1 aromatic heterocycles. The number of ether oxygens (including phenoxy) is 1. The minimum Gasteiger partial charge on any atom is -0.495 e. The third-order valence-corrected chi connectivity index (χ3v) is 4.38. The third kappa shape index (κ3) is 4.98. The number of pyridine rings is 1. The van der Waals surface area contributed by atoms with Crippen molar-refractivity contribution in [2.75, 3.05) is 24.3 Å². The summed E-state index contributed by atoms with van der Waals surface area (Å²) in [6, 6.07) is 15.0. The summed E-state index contributed by atoms with van der Waals surface area (Å²) in [6.45, 7) is 0.554. The first kappa shape index (κ1) is 19.6. The number of benzene rings is 2. The summed E-state index contributed by atoms with van der Waals surface area (Å²) in [4.78, 5) is 16.5. The highest BCUT2D eigenvalue weighted by Crippen LogP contribution is 2.27. The average molecular weight is 400 g/mol. The number of amides is 1. The summed E-state index contributed by atoms with van der Waals surface area (Å²) in [7, 11) is 1.52. The van der Waals surface area contributed by atoms with Crippen LogP contribution in [0.3, 0.4) is 0 Å². The van der Waals surface area contributed by atoms with Crippen molar-refractivity contribution in [1.29, 1.82) is 0 Å². The number of rotatable bonds is 7. The van der Waals surface area contributed by atoms with Crippen LogP contribution in [0, 0.1) is 5.82 Å². The zero-order valence-electron chi connectivity index (χ0n) is 15.2. The number of nitrogens with zero attached hydrogens (tertiary/aromatic N) is 1. The zero-order chi connectivity index (χ0) is 19.9. The first-order chi connectivity index (χ1) is 13.6. The van der Waals surface area contributed by atoms with E-state index in [0.717, 1.165) is 5.69 Å². The van der Waals surface area contributed by atoms with Crippen molar-refractivity contribution in [2.45, 2.75) is 6.42 Å². The number of halogens is 2. The summed E-state index contributed by atoms with van der Waals surface area (Å²) in [5, 5.41) is 6.31. The third-order valence-electron chi connectivity index (χ3n) is 4.09. The van der Waals surface area contributed by atoms with Gasteiger partial charge in [0.2, 0.25) is 0 Å². The normalized spacial score (nSPS) is 10.4. The molecule has 0 saturated carbocycles. The number of anilines is 2. The molecule has 0 bridgehead atoms. The van der Waals surface area contributed by atoms with E-state index in [1.165, 1.54) is 13.2 Å². The fraction of sp³-hybridized carbons (Fsp3) is 0.143. The number of carbonyl (C=O) groups excluding carboxylic acids is 1. The van der Waals surface area contributed by atoms with E-state index in [2.05, 4.69) is 15.6 Å². The Balaban J connectivity index is 1.55. The highest BCUT2D eigenvalue weighted by atomic mass is 35.5. The molecule has 0 atom stereocenters. The second-order valence-corrected chi connectivity index (χ2v) is 6.41. The lowest BCUT2D eigenvalue weighted by Gasteiger charge is -2.09. The Bertz CT molecular complexity index is 964. The Morgan fingerprint density at radius 3 is 2.61 bits per heavy atom. The predicted molar refractivity (Wildman–Crippen MR) is 109 cm³/mol. The van der Waals surface area contributed by atoms with Crippen LogP contribution in [-0.2, 0) is 6.42 Å². The lowest BCUT2D eigenvalue weighted by molar-refractivity contribution is 0.102. The Kier molecular flexibility index (Phi) is 6.45. The van der Waals surface area contributed by atoms with Gasteiger partial charge in [0.25, 0.3) is 5.91 Å². The molecule has 0 aliphatic carbocycles. The van der Waals surface area contributed by atoms with Gasteiger partial charge in [-0.25, -0.2) is 9.37 Å². The van der Waals surface area contributed by atoms with E-state index < -0.39 is 0 Å². The molecule has 3 rings (SSSR count). The van der Waals surface area contributed by atoms with Crippen LogP contribution >= 0.6 is 11.6 Å². The second-order valence-electron chi connectivity index (χ2n) is 6.00. The lowest BCUT2D eigenvalue weighted by Crippen LogP contribution is -2.14. The zero-order valence-corrected chi connectivity index (χ0v) is 16.0. The standard InChI is InChI=1S/C21H19ClFN3O2/c1-28-20-9-7-15(12-17(20)22)26-21(27)19-8-6-16(13-25-19)24-11-10-14-4-2-3-5-18(14)23/h2-9,12-13,24H,10-11H2,1H3,(H,26,27). The van der Waals surface area contributed by atoms with E-state index in [4.69, 9.17) is 16.3 Å². The number of aromatic nitrogens is 1. The fourth-order valence-corrected chi connectivity index (χ4v) is 2.87. The Morgan fingerprint density at radius 2 is 1.93 bits per heavy atom. The molecule has 0 aliphatic rings. The van der Waals surface area contributed by atoms with Gasteiger partial charge in [-0.3, -0.25) is 4.79 Å². The molecule has 0 spiro atoms. The van der Waals surface area contributed by atoms with Gasteiger partial charge in [-0.1, -0.05) is 29.8 Å². The van der Waals surface area contributed by atoms with Crippen molar-refractivity contribution in [3.8, 4) is 5.75 Å². The van der Waals surface area contributed by atoms with Crippen molar-refractivity contribution in [3.05, 3.63) is 82.9 Å². The highest BCUT2D eigenvalue weighted by molar-refractivity contribution is 6.32. The van der Waals surface area contributed by atoms with Gasteiger partial charge >= 0.3 is 0 Å². The molecule has 0 fully saturated rings. The molecular formula is C21H19ClFN3O2. The summed E-state index contributed by atoms with van der Waals surface area (Å²) in [5.41, 5.74) is 2.22. The molecule has 1 heterocycles. The van der Waals surface area contributed by atoms with Crippen molar-refractivity contribution >= 4 is 28.9 Å². The number of carbonyl (C=O) groups is 1. The molecule has 7 heteroatoms. The smallest absolute Gasteiger partial charge is 0.274 e. The van der Waals surface area contributed by atoms with Crippen LogP contribution < -0.4 is 15.4 Å². The molecule has 144 valence electrons. The van der Waals surface area contributed by atoms with Gasteiger partial charge in [0.1, 0.15) is 17.3 Å². The number of nitrogens with one attached hydrogen (secondary N) is 2. The molecule has 5 nitrogen and oxygen atoms in total. The van der Waals surface area contributed by atoms with E-state index in [-0.39, 0.29) is 17.4 Å². The van der Waals surface area contributed by atoms with Crippen LogP contribution in [0.25, 0.3) is 0 Å². The molecule has 0 saturated heterocycles. The van der Waals surface area contributed by atoms with Gasteiger partial charge in [-0.2, -0.15) is 0 Å².